The third-order valence-corrected chi connectivity index (χ3v) is 12.5. The molecule has 0 aliphatic carbocycles. The summed E-state index contributed by atoms with van der Waals surface area (Å²) in [6.07, 6.45) is 1.03. The Morgan fingerprint density at radius 1 is 0.738 bits per heavy atom. The monoisotopic (exact) mass is 1100 g/mol. The average Bonchev–Trinajstić information content (AvgIpc) is 3.92. The van der Waals surface area contributed by atoms with Gasteiger partial charge in [-0.15, -0.1) is 29.8 Å². The summed E-state index contributed by atoms with van der Waals surface area (Å²) in [5.74, 6) is 0.818. The first-order valence-corrected chi connectivity index (χ1v) is 22.6. The molecule has 0 fully saturated rings. The van der Waals surface area contributed by atoms with E-state index in [0.29, 0.717) is 5.56 Å². The molecule has 3 aromatic heterocycles. The van der Waals surface area contributed by atoms with E-state index in [0.717, 1.165) is 61.1 Å². The second-order valence-electron chi connectivity index (χ2n) is 16.1. The summed E-state index contributed by atoms with van der Waals surface area (Å²) in [6, 6.07) is 53.7. The topological polar surface area (TPSA) is 67.6 Å². The number of nitrogens with zero attached hydrogens (tertiary/aromatic N) is 4. The fourth-order valence-corrected chi connectivity index (χ4v) is 8.92. The smallest absolute Gasteiger partial charge is 0.0379 e. The van der Waals surface area contributed by atoms with E-state index in [1.165, 1.54) is 57.3 Å². The molecule has 0 bridgehead atoms. The van der Waals surface area contributed by atoms with Gasteiger partial charge in [0.1, 0.15) is 0 Å². The molecule has 0 N–H and O–H groups in total. The van der Waals surface area contributed by atoms with Gasteiger partial charge in [-0.05, 0) is 41.7 Å². The Morgan fingerprint density at radius 3 is 2.11 bits per heavy atom. The fraction of sp³-hybridized carbons (Fsp3) is 0.140. The molecule has 5 nitrogen and oxygen atoms in total. The van der Waals surface area contributed by atoms with Crippen LogP contribution in [0.3, 0.4) is 0 Å². The number of imidazole rings is 1. The first-order valence-electron chi connectivity index (χ1n) is 23.9. The molecule has 7 aromatic carbocycles. The molecule has 1 radical (unpaired) electrons. The third kappa shape index (κ3) is 9.12. The molecule has 0 unspecified atom stereocenters. The van der Waals surface area contributed by atoms with Crippen molar-refractivity contribution in [2.24, 2.45) is 0 Å². The van der Waals surface area contributed by atoms with Crippen molar-refractivity contribution < 1.29 is 37.1 Å². The summed E-state index contributed by atoms with van der Waals surface area (Å²) in [5, 5.41) is 11.4. The minimum atomic E-state index is -2.58. The average molecular weight is 1100 g/mol. The number of rotatable bonds is 8. The quantitative estimate of drug-likeness (QED) is 0.112. The van der Waals surface area contributed by atoms with E-state index in [1.54, 1.807) is 0 Å². The summed E-state index contributed by atoms with van der Waals surface area (Å²) in [7, 11) is 0. The first-order chi connectivity index (χ1) is 33.5. The van der Waals surface area contributed by atoms with Crippen molar-refractivity contribution >= 4 is 52.4 Å². The standard InChI is InChI=1S/C44H34N3OSe.C13H11FN.Ir/c1-27(2)37-23-32(31-19-17-30(18-20-31)29-11-6-5-7-12-29)24-38(28(3)4)42(37)47-40-16-9-8-15-39(40)46-44(47)36-14-10-13-35-34-22-21-33(49-26-45)25-41(34)48-43(35)36;1-9-7-13(15-8-10(9)2)11-3-5-12(14)6-4-11;/h5-13,15-25,27-28H,1-4H3;3,5-8H,1-2H3;/q2*-1;/i;1D3,2D3;. The number of halogens is 1. The second-order valence-corrected chi connectivity index (χ2v) is 17.9. The van der Waals surface area contributed by atoms with Gasteiger partial charge < -0.3 is 4.98 Å². The van der Waals surface area contributed by atoms with Gasteiger partial charge in [-0.25, -0.2) is 0 Å². The van der Waals surface area contributed by atoms with Crippen molar-refractivity contribution in [1.29, 1.82) is 5.26 Å². The van der Waals surface area contributed by atoms with Gasteiger partial charge in [-0.3, -0.25) is 4.39 Å². The van der Waals surface area contributed by atoms with E-state index in [2.05, 4.69) is 151 Å². The molecule has 3 heterocycles. The summed E-state index contributed by atoms with van der Waals surface area (Å²) in [5.41, 5.74) is 12.9. The van der Waals surface area contributed by atoms with E-state index >= 15 is 0 Å². The second kappa shape index (κ2) is 19.3. The van der Waals surface area contributed by atoms with Crippen molar-refractivity contribution in [2.75, 3.05) is 0 Å². The summed E-state index contributed by atoms with van der Waals surface area (Å²) in [4.78, 5) is 11.5. The van der Waals surface area contributed by atoms with Crippen molar-refractivity contribution in [3.63, 3.8) is 0 Å². The molecule has 10 aromatic rings. The number of aromatic nitrogens is 3. The minimum absolute atomic E-state index is 0. The Morgan fingerprint density at radius 2 is 1.43 bits per heavy atom. The van der Waals surface area contributed by atoms with Gasteiger partial charge in [0.05, 0.1) is 0 Å². The zero-order chi connectivity index (χ0) is 49.5. The van der Waals surface area contributed by atoms with E-state index < -0.39 is 19.5 Å². The normalized spacial score (nSPS) is 13.0. The first kappa shape index (κ1) is 37.9. The van der Waals surface area contributed by atoms with Crippen LogP contribution in [0.1, 0.15) is 70.0 Å². The van der Waals surface area contributed by atoms with Crippen LogP contribution in [-0.4, -0.2) is 29.5 Å². The van der Waals surface area contributed by atoms with Crippen LogP contribution in [0.15, 0.2) is 156 Å². The van der Waals surface area contributed by atoms with Crippen molar-refractivity contribution in [2.45, 2.75) is 53.2 Å². The molecule has 0 amide bonds. The number of hydrogen-bond acceptors (Lipinski definition) is 4. The Hall–Kier alpha value is -6.45. The van der Waals surface area contributed by atoms with Gasteiger partial charge in [0, 0.05) is 40.3 Å². The number of pyridine rings is 1. The van der Waals surface area contributed by atoms with Crippen LogP contribution in [0.4, 0.5) is 4.39 Å². The van der Waals surface area contributed by atoms with E-state index in [1.807, 2.05) is 24.3 Å². The fourth-order valence-electron chi connectivity index (χ4n) is 8.06. The zero-order valence-electron chi connectivity index (χ0n) is 41.9. The van der Waals surface area contributed by atoms with Gasteiger partial charge in [0.25, 0.3) is 0 Å². The van der Waals surface area contributed by atoms with Crippen LogP contribution in [0, 0.1) is 41.9 Å². The largest absolute Gasteiger partial charge is 0.304 e. The van der Waals surface area contributed by atoms with Crippen molar-refractivity contribution in [3.05, 3.63) is 192 Å². The zero-order valence-corrected chi connectivity index (χ0v) is 40.0. The molecule has 0 atom stereocenters. The Labute approximate surface area is 408 Å². The molecular weight excluding hydrogens is 1050 g/mol. The number of fused-ring (bicyclic) bond motifs is 4. The summed E-state index contributed by atoms with van der Waals surface area (Å²) < 4.78 is 67.4. The number of furan rings is 1. The predicted molar refractivity (Wildman–Crippen MR) is 261 cm³/mol. The van der Waals surface area contributed by atoms with Crippen molar-refractivity contribution in [1.82, 2.24) is 14.5 Å². The minimum Gasteiger partial charge on any atom is -0.304 e. The van der Waals surface area contributed by atoms with Crippen LogP contribution in [0.25, 0.3) is 83.6 Å². The van der Waals surface area contributed by atoms with E-state index in [4.69, 9.17) is 17.6 Å². The molecule has 8 heteroatoms. The van der Waals surface area contributed by atoms with Gasteiger partial charge in [-0.1, -0.05) is 66.2 Å². The molecule has 0 aliphatic rings. The predicted octanol–water partition coefficient (Wildman–Crippen LogP) is 14.1. The molecule has 10 rings (SSSR count). The van der Waals surface area contributed by atoms with E-state index in [-0.39, 0.29) is 63.7 Å². The van der Waals surface area contributed by atoms with E-state index in [9.17, 15) is 9.65 Å². The van der Waals surface area contributed by atoms with Gasteiger partial charge in [0.15, 0.2) is 0 Å². The maximum Gasteiger partial charge on any atom is 0.0379 e. The molecular formula is C57H45FIrN4OSe-2. The van der Waals surface area contributed by atoms with Crippen LogP contribution in [0.2, 0.25) is 0 Å². The van der Waals surface area contributed by atoms with Crippen LogP contribution < -0.4 is 4.46 Å². The Kier molecular flexibility index (Phi) is 11.3. The van der Waals surface area contributed by atoms with Crippen LogP contribution in [-0.2, 0) is 20.1 Å². The van der Waals surface area contributed by atoms with Gasteiger partial charge in [-0.2, -0.15) is 0 Å². The maximum absolute atomic E-state index is 12.9. The third-order valence-electron chi connectivity index (χ3n) is 11.3. The summed E-state index contributed by atoms with van der Waals surface area (Å²) in [6.45, 7) is 3.95. The van der Waals surface area contributed by atoms with Crippen molar-refractivity contribution in [3.8, 4) is 55.6 Å². The Balaban J connectivity index is 0.000000259. The number of hydrogen-bond donors (Lipinski definition) is 0. The molecule has 0 saturated carbocycles. The maximum atomic E-state index is 12.9. The summed E-state index contributed by atoms with van der Waals surface area (Å²) >= 11 is -0.257. The van der Waals surface area contributed by atoms with Gasteiger partial charge >= 0.3 is 223 Å². The SMILES string of the molecule is CC(C)c1cc(-c2ccc(-c3ccccc3)cc2)cc(C(C)C)c1-n1c(-c2[c-]ccc3c2oc2cc([Se]C#N)ccc23)nc2ccccc21.[2H]C([2H])([2H])c1cnc(-c2[c-]cc(F)cc2)cc1C([2H])([2H])[2H].[Ir]. The number of para-hydroxylation sites is 2. The van der Waals surface area contributed by atoms with Crippen LogP contribution >= 0.6 is 0 Å². The molecule has 323 valence electrons. The number of benzene rings is 7. The molecule has 65 heavy (non-hydrogen) atoms. The molecule has 0 saturated heterocycles. The van der Waals surface area contributed by atoms with Crippen LogP contribution in [0.5, 0.6) is 0 Å². The van der Waals surface area contributed by atoms with Gasteiger partial charge in [0.2, 0.25) is 0 Å². The number of aryl methyl sites for hydroxylation is 2. The Bertz CT molecular complexity index is 3550. The number of nitriles is 1. The molecule has 0 spiro atoms. The molecule has 0 aliphatic heterocycles.